The number of hydrogen-bond donors (Lipinski definition) is 0. The Bertz CT molecular complexity index is 532. The normalized spacial score (nSPS) is 15.4. The van der Waals surface area contributed by atoms with Gasteiger partial charge in [-0.15, -0.1) is 0 Å². The van der Waals surface area contributed by atoms with Crippen molar-refractivity contribution in [1.82, 2.24) is 10.1 Å². The molecule has 3 rings (SSSR count). The predicted octanol–water partition coefficient (Wildman–Crippen LogP) is 3.68. The first-order valence-electron chi connectivity index (χ1n) is 5.35. The lowest BCUT2D eigenvalue weighted by Crippen LogP contribution is -1.86. The van der Waals surface area contributed by atoms with Crippen LogP contribution in [0.2, 0.25) is 0 Å². The second kappa shape index (κ2) is 3.70. The highest BCUT2D eigenvalue weighted by Gasteiger charge is 2.29. The average Bonchev–Trinajstić information content (AvgIpc) is 3.02. The maximum Gasteiger partial charge on any atom is 0.258 e. The fraction of sp³-hybridized carbons (Fsp3) is 0.333. The predicted molar refractivity (Wildman–Crippen MR) is 64.1 cm³/mol. The van der Waals surface area contributed by atoms with Crippen molar-refractivity contribution in [2.24, 2.45) is 0 Å². The summed E-state index contributed by atoms with van der Waals surface area (Å²) in [5.74, 6) is 2.01. The molecular formula is C12H11BrN2O. The smallest absolute Gasteiger partial charge is 0.258 e. The summed E-state index contributed by atoms with van der Waals surface area (Å²) in [4.78, 5) is 4.45. The standard InChI is InChI=1S/C12H11BrN2O/c1-7-9(3-2-4-10(7)13)12-14-11(15-16-12)8-5-6-8/h2-4,8H,5-6H2,1H3. The molecule has 1 aliphatic rings. The van der Waals surface area contributed by atoms with Gasteiger partial charge in [0, 0.05) is 16.0 Å². The molecule has 0 spiro atoms. The van der Waals surface area contributed by atoms with E-state index in [9.17, 15) is 0 Å². The van der Waals surface area contributed by atoms with Crippen LogP contribution in [0, 0.1) is 6.92 Å². The monoisotopic (exact) mass is 278 g/mol. The minimum absolute atomic E-state index is 0.532. The highest BCUT2D eigenvalue weighted by Crippen LogP contribution is 2.39. The molecule has 3 nitrogen and oxygen atoms in total. The van der Waals surface area contributed by atoms with Crippen LogP contribution in [0.5, 0.6) is 0 Å². The van der Waals surface area contributed by atoms with Crippen molar-refractivity contribution < 1.29 is 4.52 Å². The van der Waals surface area contributed by atoms with Gasteiger partial charge < -0.3 is 4.52 Å². The molecule has 0 N–H and O–H groups in total. The summed E-state index contributed by atoms with van der Waals surface area (Å²) in [5.41, 5.74) is 2.14. The van der Waals surface area contributed by atoms with E-state index in [-0.39, 0.29) is 0 Å². The van der Waals surface area contributed by atoms with E-state index in [1.165, 1.54) is 12.8 Å². The Morgan fingerprint density at radius 2 is 2.19 bits per heavy atom. The molecule has 1 fully saturated rings. The Kier molecular flexibility index (Phi) is 2.32. The molecule has 1 aromatic heterocycles. The molecule has 4 heteroatoms. The zero-order valence-electron chi connectivity index (χ0n) is 8.90. The van der Waals surface area contributed by atoms with Crippen LogP contribution in [0.4, 0.5) is 0 Å². The Morgan fingerprint density at radius 1 is 1.38 bits per heavy atom. The lowest BCUT2D eigenvalue weighted by molar-refractivity contribution is 0.422. The average molecular weight is 279 g/mol. The molecule has 1 heterocycles. The maximum absolute atomic E-state index is 5.31. The van der Waals surface area contributed by atoms with Crippen molar-refractivity contribution in [3.05, 3.63) is 34.1 Å². The minimum atomic E-state index is 0.532. The third-order valence-corrected chi connectivity index (χ3v) is 3.74. The number of benzene rings is 1. The van der Waals surface area contributed by atoms with E-state index in [1.807, 2.05) is 25.1 Å². The van der Waals surface area contributed by atoms with Crippen LogP contribution in [0.25, 0.3) is 11.5 Å². The first kappa shape index (κ1) is 10.0. The van der Waals surface area contributed by atoms with Crippen molar-refractivity contribution in [2.75, 3.05) is 0 Å². The molecule has 0 aliphatic heterocycles. The van der Waals surface area contributed by atoms with Gasteiger partial charge >= 0.3 is 0 Å². The Hall–Kier alpha value is -1.16. The highest BCUT2D eigenvalue weighted by molar-refractivity contribution is 9.10. The van der Waals surface area contributed by atoms with Gasteiger partial charge in [0.25, 0.3) is 5.89 Å². The summed E-state index contributed by atoms with van der Waals surface area (Å²) in [7, 11) is 0. The van der Waals surface area contributed by atoms with Crippen LogP contribution in [0.3, 0.4) is 0 Å². The maximum atomic E-state index is 5.31. The molecule has 82 valence electrons. The van der Waals surface area contributed by atoms with E-state index in [4.69, 9.17) is 4.52 Å². The fourth-order valence-corrected chi connectivity index (χ4v) is 2.06. The minimum Gasteiger partial charge on any atom is -0.334 e. The van der Waals surface area contributed by atoms with Crippen molar-refractivity contribution in [3.8, 4) is 11.5 Å². The molecule has 0 unspecified atom stereocenters. The zero-order chi connectivity index (χ0) is 11.1. The summed E-state index contributed by atoms with van der Waals surface area (Å²) in [6.45, 7) is 2.04. The first-order chi connectivity index (χ1) is 7.75. The van der Waals surface area contributed by atoms with Crippen LogP contribution in [-0.4, -0.2) is 10.1 Å². The van der Waals surface area contributed by atoms with E-state index in [0.29, 0.717) is 11.8 Å². The Morgan fingerprint density at radius 3 is 2.94 bits per heavy atom. The molecule has 0 atom stereocenters. The van der Waals surface area contributed by atoms with Gasteiger partial charge in [-0.3, -0.25) is 0 Å². The zero-order valence-corrected chi connectivity index (χ0v) is 10.5. The third kappa shape index (κ3) is 1.67. The van der Waals surface area contributed by atoms with Crippen molar-refractivity contribution in [3.63, 3.8) is 0 Å². The summed E-state index contributed by atoms with van der Waals surface area (Å²) in [5, 5.41) is 4.02. The van der Waals surface area contributed by atoms with Crippen LogP contribution in [0.1, 0.15) is 30.1 Å². The van der Waals surface area contributed by atoms with Crippen LogP contribution >= 0.6 is 15.9 Å². The second-order valence-corrected chi connectivity index (χ2v) is 5.00. The largest absolute Gasteiger partial charge is 0.334 e. The number of hydrogen-bond acceptors (Lipinski definition) is 3. The molecule has 1 aromatic carbocycles. The molecular weight excluding hydrogens is 268 g/mol. The number of nitrogens with zero attached hydrogens (tertiary/aromatic N) is 2. The van der Waals surface area contributed by atoms with Gasteiger partial charge in [-0.25, -0.2) is 0 Å². The highest BCUT2D eigenvalue weighted by atomic mass is 79.9. The number of halogens is 1. The molecule has 0 saturated heterocycles. The lowest BCUT2D eigenvalue weighted by atomic mass is 10.1. The molecule has 0 radical (unpaired) electrons. The molecule has 2 aromatic rings. The Labute approximate surface area is 102 Å². The SMILES string of the molecule is Cc1c(Br)cccc1-c1nc(C2CC2)no1. The molecule has 1 saturated carbocycles. The lowest BCUT2D eigenvalue weighted by Gasteiger charge is -2.01. The van der Waals surface area contributed by atoms with Crippen molar-refractivity contribution in [1.29, 1.82) is 0 Å². The molecule has 0 bridgehead atoms. The fourth-order valence-electron chi connectivity index (χ4n) is 1.69. The van der Waals surface area contributed by atoms with E-state index in [0.717, 1.165) is 21.4 Å². The van der Waals surface area contributed by atoms with Gasteiger partial charge in [0.15, 0.2) is 5.82 Å². The first-order valence-corrected chi connectivity index (χ1v) is 6.14. The van der Waals surface area contributed by atoms with E-state index in [2.05, 4.69) is 26.1 Å². The molecule has 16 heavy (non-hydrogen) atoms. The summed E-state index contributed by atoms with van der Waals surface area (Å²) in [6.07, 6.45) is 2.38. The summed E-state index contributed by atoms with van der Waals surface area (Å²) >= 11 is 3.50. The number of rotatable bonds is 2. The van der Waals surface area contributed by atoms with E-state index < -0.39 is 0 Å². The summed E-state index contributed by atoms with van der Waals surface area (Å²) in [6, 6.07) is 5.99. The third-order valence-electron chi connectivity index (χ3n) is 2.88. The van der Waals surface area contributed by atoms with E-state index >= 15 is 0 Å². The topological polar surface area (TPSA) is 38.9 Å². The summed E-state index contributed by atoms with van der Waals surface area (Å²) < 4.78 is 6.37. The van der Waals surface area contributed by atoms with Crippen LogP contribution < -0.4 is 0 Å². The quantitative estimate of drug-likeness (QED) is 0.841. The van der Waals surface area contributed by atoms with Gasteiger partial charge in [0.1, 0.15) is 0 Å². The molecule has 1 aliphatic carbocycles. The van der Waals surface area contributed by atoms with Crippen molar-refractivity contribution >= 4 is 15.9 Å². The van der Waals surface area contributed by atoms with Crippen LogP contribution in [0.15, 0.2) is 27.2 Å². The van der Waals surface area contributed by atoms with Gasteiger partial charge in [-0.2, -0.15) is 4.98 Å². The second-order valence-electron chi connectivity index (χ2n) is 4.14. The van der Waals surface area contributed by atoms with Crippen molar-refractivity contribution in [2.45, 2.75) is 25.7 Å². The van der Waals surface area contributed by atoms with Gasteiger partial charge in [-0.1, -0.05) is 27.2 Å². The van der Waals surface area contributed by atoms with Gasteiger partial charge in [0.2, 0.25) is 0 Å². The van der Waals surface area contributed by atoms with E-state index in [1.54, 1.807) is 0 Å². The van der Waals surface area contributed by atoms with Gasteiger partial charge in [-0.05, 0) is 37.5 Å². The van der Waals surface area contributed by atoms with Crippen LogP contribution in [-0.2, 0) is 0 Å². The molecule has 0 amide bonds. The Balaban J connectivity index is 2.03. The number of aromatic nitrogens is 2. The van der Waals surface area contributed by atoms with Gasteiger partial charge in [0.05, 0.1) is 0 Å².